The molecule has 2 aromatic heterocycles. The molecule has 2 aromatic rings. The molecule has 6 heteroatoms. The number of anilines is 1. The maximum absolute atomic E-state index is 12.5. The fourth-order valence-electron chi connectivity index (χ4n) is 2.44. The van der Waals surface area contributed by atoms with Gasteiger partial charge in [-0.1, -0.05) is 0 Å². The standard InChI is InChI=1S/C15H14F3N3/c16-15(17,18)11-3-4-13(20-10-11)14-9-12(5-6-19-14)21-7-1-2-8-21/h3-6,9-10H,1-2,7-8H2. The van der Waals surface area contributed by atoms with Crippen LogP contribution in [0.3, 0.4) is 0 Å². The molecule has 0 amide bonds. The third-order valence-corrected chi connectivity index (χ3v) is 3.57. The van der Waals surface area contributed by atoms with Crippen LogP contribution in [0, 0.1) is 0 Å². The summed E-state index contributed by atoms with van der Waals surface area (Å²) in [5.74, 6) is 0. The summed E-state index contributed by atoms with van der Waals surface area (Å²) >= 11 is 0. The van der Waals surface area contributed by atoms with Crippen molar-refractivity contribution in [3.8, 4) is 11.4 Å². The van der Waals surface area contributed by atoms with Gasteiger partial charge in [0.15, 0.2) is 0 Å². The van der Waals surface area contributed by atoms with Crippen LogP contribution in [0.2, 0.25) is 0 Å². The zero-order valence-electron chi connectivity index (χ0n) is 11.3. The molecule has 1 fully saturated rings. The minimum absolute atomic E-state index is 0.448. The van der Waals surface area contributed by atoms with Crippen LogP contribution in [0.5, 0.6) is 0 Å². The summed E-state index contributed by atoms with van der Waals surface area (Å²) in [6.07, 6.45) is 0.477. The number of pyridine rings is 2. The summed E-state index contributed by atoms with van der Waals surface area (Å²) in [4.78, 5) is 10.3. The highest BCUT2D eigenvalue weighted by Gasteiger charge is 2.30. The van der Waals surface area contributed by atoms with Gasteiger partial charge in [0.05, 0.1) is 17.0 Å². The number of hydrogen-bond donors (Lipinski definition) is 0. The molecule has 110 valence electrons. The lowest BCUT2D eigenvalue weighted by atomic mass is 10.2. The minimum Gasteiger partial charge on any atom is -0.371 e. The van der Waals surface area contributed by atoms with Crippen LogP contribution in [0.4, 0.5) is 18.9 Å². The van der Waals surface area contributed by atoms with E-state index in [1.54, 1.807) is 6.20 Å². The van der Waals surface area contributed by atoms with Gasteiger partial charge in [0.2, 0.25) is 0 Å². The summed E-state index contributed by atoms with van der Waals surface area (Å²) < 4.78 is 37.6. The SMILES string of the molecule is FC(F)(F)c1ccc(-c2cc(N3CCCC3)ccn2)nc1. The fraction of sp³-hybridized carbons (Fsp3) is 0.333. The summed E-state index contributed by atoms with van der Waals surface area (Å²) in [6.45, 7) is 2.01. The minimum atomic E-state index is -4.36. The molecule has 3 nitrogen and oxygen atoms in total. The Hall–Kier alpha value is -2.11. The summed E-state index contributed by atoms with van der Waals surface area (Å²) in [5, 5.41) is 0. The quantitative estimate of drug-likeness (QED) is 0.844. The van der Waals surface area contributed by atoms with E-state index in [1.165, 1.54) is 6.07 Å². The summed E-state index contributed by atoms with van der Waals surface area (Å²) in [6, 6.07) is 6.19. The van der Waals surface area contributed by atoms with Crippen LogP contribution in [0.1, 0.15) is 18.4 Å². The molecule has 0 bridgehead atoms. The second-order valence-corrected chi connectivity index (χ2v) is 5.02. The van der Waals surface area contributed by atoms with E-state index in [1.807, 2.05) is 12.1 Å². The second kappa shape index (κ2) is 5.35. The molecule has 0 unspecified atom stereocenters. The van der Waals surface area contributed by atoms with Gasteiger partial charge in [-0.05, 0) is 37.1 Å². The highest BCUT2D eigenvalue weighted by Crippen LogP contribution is 2.30. The lowest BCUT2D eigenvalue weighted by molar-refractivity contribution is -0.137. The molecule has 1 saturated heterocycles. The molecular weight excluding hydrogens is 279 g/mol. The first kappa shape index (κ1) is 13.9. The van der Waals surface area contributed by atoms with E-state index in [-0.39, 0.29) is 0 Å². The van der Waals surface area contributed by atoms with Crippen molar-refractivity contribution in [1.29, 1.82) is 0 Å². The number of alkyl halides is 3. The Labute approximate surface area is 120 Å². The number of hydrogen-bond acceptors (Lipinski definition) is 3. The van der Waals surface area contributed by atoms with Crippen molar-refractivity contribution in [2.24, 2.45) is 0 Å². The normalized spacial score (nSPS) is 15.5. The molecule has 0 radical (unpaired) electrons. The van der Waals surface area contributed by atoms with E-state index < -0.39 is 11.7 Å². The first-order valence-corrected chi connectivity index (χ1v) is 6.79. The summed E-state index contributed by atoms with van der Waals surface area (Å²) in [5.41, 5.74) is 1.33. The van der Waals surface area contributed by atoms with Gasteiger partial charge in [0.1, 0.15) is 0 Å². The third kappa shape index (κ3) is 2.99. The lowest BCUT2D eigenvalue weighted by Crippen LogP contribution is -2.17. The molecule has 0 spiro atoms. The molecule has 3 rings (SSSR count). The van der Waals surface area contributed by atoms with E-state index in [0.29, 0.717) is 11.4 Å². The zero-order valence-corrected chi connectivity index (χ0v) is 11.3. The van der Waals surface area contributed by atoms with Gasteiger partial charge < -0.3 is 4.90 Å². The van der Waals surface area contributed by atoms with Crippen molar-refractivity contribution in [3.05, 3.63) is 42.2 Å². The van der Waals surface area contributed by atoms with Crippen LogP contribution in [-0.2, 0) is 6.18 Å². The zero-order chi connectivity index (χ0) is 14.9. The van der Waals surface area contributed by atoms with Crippen molar-refractivity contribution >= 4 is 5.69 Å². The van der Waals surface area contributed by atoms with E-state index in [2.05, 4.69) is 14.9 Å². The van der Waals surface area contributed by atoms with E-state index in [0.717, 1.165) is 43.9 Å². The number of halogens is 3. The van der Waals surface area contributed by atoms with Crippen LogP contribution in [0.25, 0.3) is 11.4 Å². The van der Waals surface area contributed by atoms with Gasteiger partial charge in [-0.15, -0.1) is 0 Å². The third-order valence-electron chi connectivity index (χ3n) is 3.57. The topological polar surface area (TPSA) is 29.0 Å². The van der Waals surface area contributed by atoms with Crippen molar-refractivity contribution in [2.75, 3.05) is 18.0 Å². The smallest absolute Gasteiger partial charge is 0.371 e. The molecule has 0 atom stereocenters. The van der Waals surface area contributed by atoms with Crippen LogP contribution < -0.4 is 4.90 Å². The van der Waals surface area contributed by atoms with Crippen LogP contribution >= 0.6 is 0 Å². The lowest BCUT2D eigenvalue weighted by Gasteiger charge is -2.17. The average molecular weight is 293 g/mol. The molecule has 0 aromatic carbocycles. The first-order valence-electron chi connectivity index (χ1n) is 6.79. The van der Waals surface area contributed by atoms with Gasteiger partial charge in [-0.25, -0.2) is 0 Å². The van der Waals surface area contributed by atoms with Crippen LogP contribution in [0.15, 0.2) is 36.7 Å². The monoisotopic (exact) mass is 293 g/mol. The van der Waals surface area contributed by atoms with Crippen molar-refractivity contribution in [3.63, 3.8) is 0 Å². The Kier molecular flexibility index (Phi) is 3.53. The Bertz CT molecular complexity index is 617. The van der Waals surface area contributed by atoms with Crippen molar-refractivity contribution in [1.82, 2.24) is 9.97 Å². The summed E-state index contributed by atoms with van der Waals surface area (Å²) in [7, 11) is 0. The van der Waals surface area contributed by atoms with Gasteiger partial charge in [0.25, 0.3) is 0 Å². The van der Waals surface area contributed by atoms with Gasteiger partial charge >= 0.3 is 6.18 Å². The Morgan fingerprint density at radius 2 is 1.71 bits per heavy atom. The molecule has 0 saturated carbocycles. The maximum atomic E-state index is 12.5. The first-order chi connectivity index (χ1) is 10.0. The molecule has 1 aliphatic rings. The van der Waals surface area contributed by atoms with E-state index >= 15 is 0 Å². The highest BCUT2D eigenvalue weighted by molar-refractivity contribution is 5.61. The predicted molar refractivity (Wildman–Crippen MR) is 73.9 cm³/mol. The van der Waals surface area contributed by atoms with E-state index in [4.69, 9.17) is 0 Å². The second-order valence-electron chi connectivity index (χ2n) is 5.02. The molecule has 0 aliphatic carbocycles. The van der Waals surface area contributed by atoms with Crippen molar-refractivity contribution in [2.45, 2.75) is 19.0 Å². The maximum Gasteiger partial charge on any atom is 0.417 e. The van der Waals surface area contributed by atoms with Gasteiger partial charge in [-0.3, -0.25) is 9.97 Å². The van der Waals surface area contributed by atoms with Crippen LogP contribution in [-0.4, -0.2) is 23.1 Å². The fourth-order valence-corrected chi connectivity index (χ4v) is 2.44. The van der Waals surface area contributed by atoms with Crippen molar-refractivity contribution < 1.29 is 13.2 Å². The molecular formula is C15H14F3N3. The Morgan fingerprint density at radius 1 is 0.952 bits per heavy atom. The molecule has 1 aliphatic heterocycles. The molecule has 0 N–H and O–H groups in total. The number of aromatic nitrogens is 2. The largest absolute Gasteiger partial charge is 0.417 e. The predicted octanol–water partition coefficient (Wildman–Crippen LogP) is 3.76. The highest BCUT2D eigenvalue weighted by atomic mass is 19.4. The molecule has 3 heterocycles. The number of rotatable bonds is 2. The van der Waals surface area contributed by atoms with Gasteiger partial charge in [0, 0.05) is 31.2 Å². The van der Waals surface area contributed by atoms with Gasteiger partial charge in [-0.2, -0.15) is 13.2 Å². The average Bonchev–Trinajstić information content (AvgIpc) is 3.01. The van der Waals surface area contributed by atoms with E-state index in [9.17, 15) is 13.2 Å². The Balaban J connectivity index is 1.88. The Morgan fingerprint density at radius 3 is 2.33 bits per heavy atom. The molecule has 21 heavy (non-hydrogen) atoms. The number of nitrogens with zero attached hydrogens (tertiary/aromatic N) is 3.